The second-order valence-electron chi connectivity index (χ2n) is 6.85. The molecule has 1 heterocycles. The number of nitrogens with zero attached hydrogens (tertiary/aromatic N) is 1. The number of carbonyl (C=O) groups is 1. The van der Waals surface area contributed by atoms with Gasteiger partial charge in [0.2, 0.25) is 5.91 Å². The predicted molar refractivity (Wildman–Crippen MR) is 129 cm³/mol. The lowest BCUT2D eigenvalue weighted by atomic mass is 10.2. The molecule has 0 fully saturated rings. The van der Waals surface area contributed by atoms with Gasteiger partial charge in [0.05, 0.1) is 30.0 Å². The molecule has 4 rings (SSSR count). The third-order valence-corrected chi connectivity index (χ3v) is 5.66. The minimum absolute atomic E-state index is 0.130. The summed E-state index contributed by atoms with van der Waals surface area (Å²) in [6.07, 6.45) is 0.130. The van der Waals surface area contributed by atoms with Crippen molar-refractivity contribution in [3.63, 3.8) is 0 Å². The Hall–Kier alpha value is -3.35. The number of nitrogens with one attached hydrogen (secondary N) is 1. The summed E-state index contributed by atoms with van der Waals surface area (Å²) in [5.41, 5.74) is 2.10. The first kappa shape index (κ1) is 21.9. The molecule has 0 aliphatic rings. The Bertz CT molecular complexity index is 1210. The average Bonchev–Trinajstić information content (AvgIpc) is 3.25. The maximum Gasteiger partial charge on any atom is 0.230 e. The molecule has 0 saturated heterocycles. The number of rotatable bonds is 8. The van der Waals surface area contributed by atoms with Crippen LogP contribution < -0.4 is 14.8 Å². The molecule has 1 N–H and O–H groups in total. The molecule has 0 spiro atoms. The van der Waals surface area contributed by atoms with Gasteiger partial charge in [0.15, 0.2) is 5.75 Å². The Balaban J connectivity index is 1.48. The fourth-order valence-electron chi connectivity index (χ4n) is 3.10. The van der Waals surface area contributed by atoms with E-state index in [1.807, 2.05) is 66.9 Å². The number of para-hydroxylation sites is 2. The Labute approximate surface area is 195 Å². The van der Waals surface area contributed by atoms with Crippen LogP contribution in [0.5, 0.6) is 17.2 Å². The number of anilines is 1. The van der Waals surface area contributed by atoms with E-state index >= 15 is 0 Å². The van der Waals surface area contributed by atoms with Crippen LogP contribution in [-0.2, 0) is 11.2 Å². The zero-order chi connectivity index (χ0) is 22.3. The number of aromatic nitrogens is 1. The van der Waals surface area contributed by atoms with Crippen LogP contribution >= 0.6 is 22.9 Å². The number of amides is 1. The van der Waals surface area contributed by atoms with Crippen molar-refractivity contribution >= 4 is 34.5 Å². The Kier molecular flexibility index (Phi) is 7.04. The second-order valence-corrected chi connectivity index (χ2v) is 8.15. The number of carbonyl (C=O) groups excluding carboxylic acids is 1. The monoisotopic (exact) mass is 464 g/mol. The molecule has 1 aromatic heterocycles. The maximum atomic E-state index is 12.7. The van der Waals surface area contributed by atoms with Gasteiger partial charge < -0.3 is 14.8 Å². The van der Waals surface area contributed by atoms with E-state index in [1.54, 1.807) is 18.2 Å². The molecule has 3 aromatic carbocycles. The highest BCUT2D eigenvalue weighted by Gasteiger charge is 2.14. The molecule has 4 aromatic rings. The molecular weight excluding hydrogens is 444 g/mol. The Morgan fingerprint density at radius 1 is 1.03 bits per heavy atom. The lowest BCUT2D eigenvalue weighted by Gasteiger charge is -2.12. The molecule has 162 valence electrons. The molecule has 1 amide bonds. The van der Waals surface area contributed by atoms with Gasteiger partial charge in [-0.1, -0.05) is 41.9 Å². The largest absolute Gasteiger partial charge is 0.493 e. The van der Waals surface area contributed by atoms with Crippen LogP contribution in [0.25, 0.3) is 10.6 Å². The number of halogens is 1. The number of ether oxygens (including phenoxy) is 2. The van der Waals surface area contributed by atoms with Crippen LogP contribution in [-0.4, -0.2) is 17.5 Å². The molecule has 0 aliphatic heterocycles. The van der Waals surface area contributed by atoms with Crippen LogP contribution in [0.15, 0.2) is 78.2 Å². The van der Waals surface area contributed by atoms with Crippen molar-refractivity contribution in [2.24, 2.45) is 0 Å². The SMILES string of the molecule is CCOc1ccccc1-c1nc(CC(=O)Nc2cc(Cl)ccc2Oc2ccccc2)cs1. The van der Waals surface area contributed by atoms with E-state index in [1.165, 1.54) is 11.3 Å². The van der Waals surface area contributed by atoms with E-state index in [-0.39, 0.29) is 12.3 Å². The van der Waals surface area contributed by atoms with Gasteiger partial charge in [-0.2, -0.15) is 0 Å². The summed E-state index contributed by atoms with van der Waals surface area (Å²) in [5, 5.41) is 6.09. The van der Waals surface area contributed by atoms with Gasteiger partial charge in [0, 0.05) is 10.4 Å². The number of hydrogen-bond acceptors (Lipinski definition) is 5. The summed E-state index contributed by atoms with van der Waals surface area (Å²) < 4.78 is 11.6. The van der Waals surface area contributed by atoms with Crippen LogP contribution in [0.2, 0.25) is 5.02 Å². The minimum atomic E-state index is -0.208. The highest BCUT2D eigenvalue weighted by Crippen LogP contribution is 2.34. The summed E-state index contributed by atoms with van der Waals surface area (Å²) in [7, 11) is 0. The molecule has 7 heteroatoms. The Morgan fingerprint density at radius 2 is 1.81 bits per heavy atom. The summed E-state index contributed by atoms with van der Waals surface area (Å²) >= 11 is 7.63. The number of benzene rings is 3. The fraction of sp³-hybridized carbons (Fsp3) is 0.120. The normalized spacial score (nSPS) is 10.6. The summed E-state index contributed by atoms with van der Waals surface area (Å²) in [6.45, 7) is 2.52. The molecule has 0 radical (unpaired) electrons. The summed E-state index contributed by atoms with van der Waals surface area (Å²) in [6, 6.07) is 22.2. The smallest absolute Gasteiger partial charge is 0.230 e. The van der Waals surface area contributed by atoms with Gasteiger partial charge in [-0.25, -0.2) is 4.98 Å². The zero-order valence-corrected chi connectivity index (χ0v) is 19.0. The van der Waals surface area contributed by atoms with Gasteiger partial charge >= 0.3 is 0 Å². The lowest BCUT2D eigenvalue weighted by Crippen LogP contribution is -2.15. The third kappa shape index (κ3) is 5.46. The van der Waals surface area contributed by atoms with Crippen molar-refractivity contribution in [3.05, 3.63) is 88.9 Å². The molecule has 0 atom stereocenters. The lowest BCUT2D eigenvalue weighted by molar-refractivity contribution is -0.115. The van der Waals surface area contributed by atoms with Crippen LogP contribution in [0.4, 0.5) is 5.69 Å². The van der Waals surface area contributed by atoms with Gasteiger partial charge in [-0.05, 0) is 49.4 Å². The molecule has 0 aliphatic carbocycles. The standard InChI is InChI=1S/C25H21ClN2O3S/c1-2-30-22-11-7-6-10-20(22)25-27-18(16-32-25)15-24(29)28-21-14-17(26)12-13-23(21)31-19-8-4-3-5-9-19/h3-14,16H,2,15H2,1H3,(H,28,29). The highest BCUT2D eigenvalue weighted by molar-refractivity contribution is 7.13. The second kappa shape index (κ2) is 10.3. The first-order valence-electron chi connectivity index (χ1n) is 10.1. The van der Waals surface area contributed by atoms with Crippen molar-refractivity contribution in [3.8, 4) is 27.8 Å². The molecule has 0 unspecified atom stereocenters. The van der Waals surface area contributed by atoms with Crippen molar-refractivity contribution in [1.82, 2.24) is 4.98 Å². The molecule has 0 bridgehead atoms. The van der Waals surface area contributed by atoms with E-state index in [0.29, 0.717) is 34.5 Å². The quantitative estimate of drug-likeness (QED) is 0.310. The van der Waals surface area contributed by atoms with Gasteiger partial charge in [-0.3, -0.25) is 4.79 Å². The van der Waals surface area contributed by atoms with Crippen LogP contribution in [0, 0.1) is 0 Å². The molecule has 32 heavy (non-hydrogen) atoms. The van der Waals surface area contributed by atoms with Crippen molar-refractivity contribution in [1.29, 1.82) is 0 Å². The Morgan fingerprint density at radius 3 is 2.62 bits per heavy atom. The molecular formula is C25H21ClN2O3S. The van der Waals surface area contributed by atoms with Crippen LogP contribution in [0.3, 0.4) is 0 Å². The van der Waals surface area contributed by atoms with E-state index in [0.717, 1.165) is 16.3 Å². The fourth-order valence-corrected chi connectivity index (χ4v) is 4.12. The van der Waals surface area contributed by atoms with Crippen LogP contribution in [0.1, 0.15) is 12.6 Å². The van der Waals surface area contributed by atoms with Gasteiger partial charge in [-0.15, -0.1) is 11.3 Å². The zero-order valence-electron chi connectivity index (χ0n) is 17.4. The number of hydrogen-bond donors (Lipinski definition) is 1. The first-order chi connectivity index (χ1) is 15.6. The predicted octanol–water partition coefficient (Wildman–Crippen LogP) is 6.84. The highest BCUT2D eigenvalue weighted by atomic mass is 35.5. The van der Waals surface area contributed by atoms with E-state index in [9.17, 15) is 4.79 Å². The topological polar surface area (TPSA) is 60.5 Å². The number of thiazole rings is 1. The summed E-state index contributed by atoms with van der Waals surface area (Å²) in [4.78, 5) is 17.4. The average molecular weight is 465 g/mol. The van der Waals surface area contributed by atoms with Gasteiger partial charge in [0.1, 0.15) is 16.5 Å². The minimum Gasteiger partial charge on any atom is -0.493 e. The van der Waals surface area contributed by atoms with Crippen molar-refractivity contribution in [2.75, 3.05) is 11.9 Å². The molecule has 0 saturated carbocycles. The van der Waals surface area contributed by atoms with E-state index in [2.05, 4.69) is 10.3 Å². The third-order valence-electron chi connectivity index (χ3n) is 4.50. The van der Waals surface area contributed by atoms with Gasteiger partial charge in [0.25, 0.3) is 0 Å². The first-order valence-corrected chi connectivity index (χ1v) is 11.4. The maximum absolute atomic E-state index is 12.7. The van der Waals surface area contributed by atoms with E-state index in [4.69, 9.17) is 21.1 Å². The van der Waals surface area contributed by atoms with Crippen molar-refractivity contribution < 1.29 is 14.3 Å². The molecule has 5 nitrogen and oxygen atoms in total. The summed E-state index contributed by atoms with van der Waals surface area (Å²) in [5.74, 6) is 1.75. The van der Waals surface area contributed by atoms with Crippen molar-refractivity contribution in [2.45, 2.75) is 13.3 Å². The van der Waals surface area contributed by atoms with E-state index < -0.39 is 0 Å².